The van der Waals surface area contributed by atoms with Crippen LogP contribution in [0.25, 0.3) is 0 Å². The number of ether oxygens (including phenoxy) is 2. The molecule has 0 aromatic heterocycles. The summed E-state index contributed by atoms with van der Waals surface area (Å²) in [6, 6.07) is 5.96. The van der Waals surface area contributed by atoms with Crippen LogP contribution in [0.5, 0.6) is 11.5 Å². The lowest BCUT2D eigenvalue weighted by Crippen LogP contribution is -2.24. The molecule has 5 heteroatoms. The number of hydrogen-bond acceptors (Lipinski definition) is 4. The van der Waals surface area contributed by atoms with Gasteiger partial charge in [-0.3, -0.25) is 4.79 Å². The van der Waals surface area contributed by atoms with Gasteiger partial charge in [-0.2, -0.15) is 0 Å². The molecule has 1 amide bonds. The third-order valence-electron chi connectivity index (χ3n) is 3.27. The maximum Gasteiger partial charge on any atom is 0.225 e. The Morgan fingerprint density at radius 1 is 1.38 bits per heavy atom. The van der Waals surface area contributed by atoms with Gasteiger partial charge in [0.15, 0.2) is 0 Å². The van der Waals surface area contributed by atoms with E-state index in [-0.39, 0.29) is 11.9 Å². The fourth-order valence-electron chi connectivity index (χ4n) is 2.01. The van der Waals surface area contributed by atoms with E-state index in [0.717, 1.165) is 23.6 Å². The van der Waals surface area contributed by atoms with Crippen molar-refractivity contribution in [1.29, 1.82) is 0 Å². The standard InChI is InChI=1S/C16H26N2O3/c1-6-17-12(2)14-8-7-13(20-5)11-15(14)21-10-9-16(19)18(3)4/h7-8,11-12,17H,6,9-10H2,1-5H3. The van der Waals surface area contributed by atoms with Crippen LogP contribution in [0.2, 0.25) is 0 Å². The molecule has 0 spiro atoms. The van der Waals surface area contributed by atoms with Crippen LogP contribution in [0.15, 0.2) is 18.2 Å². The molecule has 5 nitrogen and oxygen atoms in total. The molecule has 0 saturated heterocycles. The predicted molar refractivity (Wildman–Crippen MR) is 83.9 cm³/mol. The maximum atomic E-state index is 11.6. The number of nitrogens with zero attached hydrogens (tertiary/aromatic N) is 1. The number of amides is 1. The summed E-state index contributed by atoms with van der Waals surface area (Å²) in [7, 11) is 5.11. The van der Waals surface area contributed by atoms with Crippen LogP contribution in [0.1, 0.15) is 31.9 Å². The Balaban J connectivity index is 2.79. The Morgan fingerprint density at radius 2 is 2.10 bits per heavy atom. The first-order valence-electron chi connectivity index (χ1n) is 7.23. The first-order chi connectivity index (χ1) is 9.99. The minimum Gasteiger partial charge on any atom is -0.497 e. The first kappa shape index (κ1) is 17.3. The molecule has 0 aliphatic carbocycles. The topological polar surface area (TPSA) is 50.8 Å². The van der Waals surface area contributed by atoms with E-state index in [0.29, 0.717) is 13.0 Å². The second-order valence-electron chi connectivity index (χ2n) is 5.07. The second-order valence-corrected chi connectivity index (χ2v) is 5.07. The van der Waals surface area contributed by atoms with E-state index in [9.17, 15) is 4.79 Å². The minimum atomic E-state index is 0.0548. The molecule has 0 radical (unpaired) electrons. The third-order valence-corrected chi connectivity index (χ3v) is 3.27. The van der Waals surface area contributed by atoms with Crippen LogP contribution in [-0.2, 0) is 4.79 Å². The van der Waals surface area contributed by atoms with Gasteiger partial charge in [-0.15, -0.1) is 0 Å². The van der Waals surface area contributed by atoms with Crippen LogP contribution in [0.3, 0.4) is 0 Å². The molecule has 0 saturated carbocycles. The van der Waals surface area contributed by atoms with Crippen LogP contribution in [0, 0.1) is 0 Å². The van der Waals surface area contributed by atoms with E-state index in [4.69, 9.17) is 9.47 Å². The quantitative estimate of drug-likeness (QED) is 0.799. The molecule has 0 fully saturated rings. The molecule has 0 aliphatic rings. The SMILES string of the molecule is CCNC(C)c1ccc(OC)cc1OCCC(=O)N(C)C. The van der Waals surface area contributed by atoms with E-state index in [2.05, 4.69) is 19.2 Å². The van der Waals surface area contributed by atoms with Crippen LogP contribution in [-0.4, -0.2) is 45.2 Å². The molecule has 0 bridgehead atoms. The highest BCUT2D eigenvalue weighted by Crippen LogP contribution is 2.29. The first-order valence-corrected chi connectivity index (χ1v) is 7.23. The van der Waals surface area contributed by atoms with E-state index in [1.54, 1.807) is 26.1 Å². The van der Waals surface area contributed by atoms with Gasteiger partial charge in [0.2, 0.25) is 5.91 Å². The lowest BCUT2D eigenvalue weighted by Gasteiger charge is -2.19. The molecule has 1 rings (SSSR count). The average molecular weight is 294 g/mol. The van der Waals surface area contributed by atoms with Gasteiger partial charge in [0.1, 0.15) is 11.5 Å². The summed E-state index contributed by atoms with van der Waals surface area (Å²) in [4.78, 5) is 13.2. The number of methoxy groups -OCH3 is 1. The Bertz CT molecular complexity index is 461. The summed E-state index contributed by atoms with van der Waals surface area (Å²) in [5.74, 6) is 1.56. The van der Waals surface area contributed by atoms with Crippen molar-refractivity contribution in [2.75, 3.05) is 34.4 Å². The van der Waals surface area contributed by atoms with Gasteiger partial charge >= 0.3 is 0 Å². The largest absolute Gasteiger partial charge is 0.497 e. The van der Waals surface area contributed by atoms with Crippen molar-refractivity contribution in [1.82, 2.24) is 10.2 Å². The molecule has 0 heterocycles. The fourth-order valence-corrected chi connectivity index (χ4v) is 2.01. The van der Waals surface area contributed by atoms with Crippen LogP contribution in [0.4, 0.5) is 0 Å². The third kappa shape index (κ3) is 5.27. The highest BCUT2D eigenvalue weighted by atomic mass is 16.5. The summed E-state index contributed by atoms with van der Waals surface area (Å²) >= 11 is 0. The fraction of sp³-hybridized carbons (Fsp3) is 0.562. The number of carbonyl (C=O) groups is 1. The van der Waals surface area contributed by atoms with Gasteiger partial charge < -0.3 is 19.7 Å². The molecular weight excluding hydrogens is 268 g/mol. The van der Waals surface area contributed by atoms with Crippen molar-refractivity contribution in [2.24, 2.45) is 0 Å². The molecule has 1 aromatic carbocycles. The van der Waals surface area contributed by atoms with E-state index < -0.39 is 0 Å². The van der Waals surface area contributed by atoms with Crippen LogP contribution >= 0.6 is 0 Å². The molecule has 1 aromatic rings. The lowest BCUT2D eigenvalue weighted by molar-refractivity contribution is -0.129. The van der Waals surface area contributed by atoms with Gasteiger partial charge in [-0.25, -0.2) is 0 Å². The van der Waals surface area contributed by atoms with E-state index in [1.807, 2.05) is 18.2 Å². The van der Waals surface area contributed by atoms with Gasteiger partial charge in [0.05, 0.1) is 20.1 Å². The molecule has 1 N–H and O–H groups in total. The molecule has 0 aliphatic heterocycles. The Morgan fingerprint density at radius 3 is 2.67 bits per heavy atom. The van der Waals surface area contributed by atoms with Crippen molar-refractivity contribution >= 4 is 5.91 Å². The zero-order chi connectivity index (χ0) is 15.8. The summed E-state index contributed by atoms with van der Waals surface area (Å²) in [5.41, 5.74) is 1.06. The highest BCUT2D eigenvalue weighted by Gasteiger charge is 2.13. The molecule has 21 heavy (non-hydrogen) atoms. The number of carbonyl (C=O) groups excluding carboxylic acids is 1. The second kappa shape index (κ2) is 8.52. The van der Waals surface area contributed by atoms with Crippen molar-refractivity contribution in [3.63, 3.8) is 0 Å². The molecule has 1 unspecified atom stereocenters. The number of nitrogens with one attached hydrogen (secondary N) is 1. The van der Waals surface area contributed by atoms with Gasteiger partial charge in [0.25, 0.3) is 0 Å². The van der Waals surface area contributed by atoms with Gasteiger partial charge in [-0.1, -0.05) is 13.0 Å². The normalized spacial score (nSPS) is 11.9. The smallest absolute Gasteiger partial charge is 0.225 e. The summed E-state index contributed by atoms with van der Waals surface area (Å²) < 4.78 is 11.0. The summed E-state index contributed by atoms with van der Waals surface area (Å²) in [6.07, 6.45) is 0.360. The average Bonchev–Trinajstić information content (AvgIpc) is 2.47. The van der Waals surface area contributed by atoms with E-state index >= 15 is 0 Å². The van der Waals surface area contributed by atoms with Gasteiger partial charge in [-0.05, 0) is 19.5 Å². The van der Waals surface area contributed by atoms with Crippen LogP contribution < -0.4 is 14.8 Å². The molecule has 1 atom stereocenters. The Hall–Kier alpha value is -1.75. The molecular formula is C16H26N2O3. The van der Waals surface area contributed by atoms with Gasteiger partial charge in [0, 0.05) is 31.8 Å². The maximum absolute atomic E-state index is 11.6. The zero-order valence-electron chi connectivity index (χ0n) is 13.6. The Kier molecular flexibility index (Phi) is 7.02. The summed E-state index contributed by atoms with van der Waals surface area (Å²) in [6.45, 7) is 5.39. The molecule has 118 valence electrons. The zero-order valence-corrected chi connectivity index (χ0v) is 13.6. The van der Waals surface area contributed by atoms with E-state index in [1.165, 1.54) is 0 Å². The monoisotopic (exact) mass is 294 g/mol. The van der Waals surface area contributed by atoms with Crippen molar-refractivity contribution in [2.45, 2.75) is 26.3 Å². The number of hydrogen-bond donors (Lipinski definition) is 1. The van der Waals surface area contributed by atoms with Crippen molar-refractivity contribution in [3.05, 3.63) is 23.8 Å². The Labute approximate surface area is 127 Å². The van der Waals surface area contributed by atoms with Crippen molar-refractivity contribution < 1.29 is 14.3 Å². The summed E-state index contributed by atoms with van der Waals surface area (Å²) in [5, 5.41) is 3.36. The number of benzene rings is 1. The highest BCUT2D eigenvalue weighted by molar-refractivity contribution is 5.75. The minimum absolute atomic E-state index is 0.0548. The number of rotatable bonds is 8. The predicted octanol–water partition coefficient (Wildman–Crippen LogP) is 2.22. The van der Waals surface area contributed by atoms with Crippen molar-refractivity contribution in [3.8, 4) is 11.5 Å². The lowest BCUT2D eigenvalue weighted by atomic mass is 10.1.